The largest absolute Gasteiger partial charge is 0.493 e. The molecule has 0 fully saturated rings. The number of benzene rings is 1. The molecular weight excluding hydrogens is 461 g/mol. The van der Waals surface area contributed by atoms with Gasteiger partial charge >= 0.3 is 12.1 Å². The lowest BCUT2D eigenvalue weighted by atomic mass is 10.2. The number of methoxy groups -OCH3 is 2. The minimum atomic E-state index is -5.23. The van der Waals surface area contributed by atoms with Gasteiger partial charge in [0.25, 0.3) is 5.91 Å². The van der Waals surface area contributed by atoms with Gasteiger partial charge in [0, 0.05) is 39.1 Å². The van der Waals surface area contributed by atoms with Gasteiger partial charge in [0.1, 0.15) is 11.3 Å². The molecule has 34 heavy (non-hydrogen) atoms. The van der Waals surface area contributed by atoms with Gasteiger partial charge in [0.15, 0.2) is 5.58 Å². The molecule has 3 aromatic rings. The van der Waals surface area contributed by atoms with E-state index in [1.807, 2.05) is 4.90 Å². The van der Waals surface area contributed by atoms with E-state index < -0.39 is 18.1 Å². The number of hydrogen-bond donors (Lipinski definition) is 1. The fourth-order valence-corrected chi connectivity index (χ4v) is 2.85. The van der Waals surface area contributed by atoms with Crippen molar-refractivity contribution in [3.63, 3.8) is 0 Å². The number of hydroxylamine groups is 1. The van der Waals surface area contributed by atoms with E-state index in [1.54, 1.807) is 32.5 Å². The zero-order valence-corrected chi connectivity index (χ0v) is 18.2. The SMILES string of the molecule is COCCN(CCOC)c1ccc(-c2nc3cc(C(=O)NOC(=O)C(F)(F)F)ccc3o2)cn1. The van der Waals surface area contributed by atoms with E-state index in [9.17, 15) is 22.8 Å². The van der Waals surface area contributed by atoms with Gasteiger partial charge in [-0.2, -0.15) is 18.7 Å². The van der Waals surface area contributed by atoms with Crippen molar-refractivity contribution in [1.29, 1.82) is 0 Å². The molecule has 1 amide bonds. The van der Waals surface area contributed by atoms with Gasteiger partial charge < -0.3 is 23.6 Å². The topological polar surface area (TPSA) is 116 Å². The Morgan fingerprint density at radius 2 is 1.79 bits per heavy atom. The number of nitrogens with one attached hydrogen (secondary N) is 1. The van der Waals surface area contributed by atoms with Gasteiger partial charge in [-0.1, -0.05) is 0 Å². The average molecular weight is 482 g/mol. The summed E-state index contributed by atoms with van der Waals surface area (Å²) in [5.41, 5.74) is 2.56. The summed E-state index contributed by atoms with van der Waals surface area (Å²) >= 11 is 0. The normalized spacial score (nSPS) is 11.4. The maximum absolute atomic E-state index is 12.2. The number of oxazole rings is 1. The Balaban J connectivity index is 1.74. The quantitative estimate of drug-likeness (QED) is 0.460. The van der Waals surface area contributed by atoms with E-state index in [2.05, 4.69) is 14.8 Å². The van der Waals surface area contributed by atoms with Crippen LogP contribution >= 0.6 is 0 Å². The molecule has 182 valence electrons. The first-order valence-corrected chi connectivity index (χ1v) is 9.91. The molecule has 0 aliphatic rings. The van der Waals surface area contributed by atoms with Crippen LogP contribution in [0.3, 0.4) is 0 Å². The first-order chi connectivity index (χ1) is 16.2. The molecule has 0 aliphatic carbocycles. The second-order valence-corrected chi connectivity index (χ2v) is 6.90. The van der Waals surface area contributed by atoms with Gasteiger partial charge in [-0.25, -0.2) is 14.8 Å². The number of pyridine rings is 1. The van der Waals surface area contributed by atoms with Crippen molar-refractivity contribution >= 4 is 28.8 Å². The van der Waals surface area contributed by atoms with E-state index in [0.29, 0.717) is 43.3 Å². The van der Waals surface area contributed by atoms with Gasteiger partial charge in [-0.15, -0.1) is 0 Å². The second-order valence-electron chi connectivity index (χ2n) is 6.90. The number of hydrogen-bond acceptors (Lipinski definition) is 9. The highest BCUT2D eigenvalue weighted by molar-refractivity contribution is 5.97. The van der Waals surface area contributed by atoms with Crippen molar-refractivity contribution in [1.82, 2.24) is 15.4 Å². The number of carbonyl (C=O) groups is 2. The van der Waals surface area contributed by atoms with E-state index in [1.165, 1.54) is 23.7 Å². The average Bonchev–Trinajstić information content (AvgIpc) is 3.25. The molecule has 0 atom stereocenters. The summed E-state index contributed by atoms with van der Waals surface area (Å²) in [4.78, 5) is 37.2. The van der Waals surface area contributed by atoms with Gasteiger partial charge in [0.05, 0.1) is 18.8 Å². The third-order valence-corrected chi connectivity index (χ3v) is 4.57. The van der Waals surface area contributed by atoms with Crippen molar-refractivity contribution in [2.24, 2.45) is 0 Å². The zero-order valence-electron chi connectivity index (χ0n) is 18.2. The molecule has 0 spiro atoms. The van der Waals surface area contributed by atoms with Gasteiger partial charge in [-0.05, 0) is 30.3 Å². The number of carbonyl (C=O) groups excluding carboxylic acids is 2. The summed E-state index contributed by atoms with van der Waals surface area (Å²) in [6.07, 6.45) is -3.65. The molecule has 0 radical (unpaired) electrons. The summed E-state index contributed by atoms with van der Waals surface area (Å²) < 4.78 is 52.5. The Bertz CT molecular complexity index is 1130. The maximum Gasteiger partial charge on any atom is 0.493 e. The fourth-order valence-electron chi connectivity index (χ4n) is 2.85. The zero-order chi connectivity index (χ0) is 24.7. The number of halogens is 3. The molecule has 0 bridgehead atoms. The van der Waals surface area contributed by atoms with Crippen LogP contribution < -0.4 is 10.4 Å². The third-order valence-electron chi connectivity index (χ3n) is 4.57. The fraction of sp³-hybridized carbons (Fsp3) is 0.333. The lowest BCUT2D eigenvalue weighted by Crippen LogP contribution is -2.34. The van der Waals surface area contributed by atoms with E-state index in [-0.39, 0.29) is 17.0 Å². The Labute approximate surface area is 191 Å². The number of rotatable bonds is 9. The van der Waals surface area contributed by atoms with Crippen molar-refractivity contribution in [2.75, 3.05) is 45.4 Å². The van der Waals surface area contributed by atoms with E-state index in [0.717, 1.165) is 0 Å². The monoisotopic (exact) mass is 482 g/mol. The lowest BCUT2D eigenvalue weighted by molar-refractivity contribution is -0.204. The highest BCUT2D eigenvalue weighted by Crippen LogP contribution is 2.26. The standard InChI is InChI=1S/C21H21F3N4O6/c1-31-9-7-28(8-10-32-2)17-6-4-14(12-25-17)19-26-15-11-13(3-5-16(15)33-19)18(29)27-34-20(30)21(22,23)24/h3-6,11-12H,7-10H2,1-2H3,(H,27,29). The van der Waals surface area contributed by atoms with Crippen LogP contribution in [0, 0.1) is 0 Å². The van der Waals surface area contributed by atoms with Gasteiger partial charge in [-0.3, -0.25) is 4.79 Å². The van der Waals surface area contributed by atoms with Crippen LogP contribution in [0.25, 0.3) is 22.6 Å². The van der Waals surface area contributed by atoms with Gasteiger partial charge in [0.2, 0.25) is 5.89 Å². The third kappa shape index (κ3) is 6.20. The number of ether oxygens (including phenoxy) is 2. The minimum Gasteiger partial charge on any atom is -0.436 e. The summed E-state index contributed by atoms with van der Waals surface area (Å²) in [5, 5.41) is 0. The summed E-state index contributed by atoms with van der Waals surface area (Å²) in [6.45, 7) is 2.28. The molecular formula is C21H21F3N4O6. The number of alkyl halides is 3. The Kier molecular flexibility index (Phi) is 8.02. The first-order valence-electron chi connectivity index (χ1n) is 9.91. The molecule has 3 rings (SSSR count). The highest BCUT2D eigenvalue weighted by atomic mass is 19.4. The molecule has 2 heterocycles. The van der Waals surface area contributed by atoms with Crippen molar-refractivity contribution in [3.05, 3.63) is 42.1 Å². The minimum absolute atomic E-state index is 0.0808. The highest BCUT2D eigenvalue weighted by Gasteiger charge is 2.42. The molecule has 0 unspecified atom stereocenters. The number of fused-ring (bicyclic) bond motifs is 1. The predicted octanol–water partition coefficient (Wildman–Crippen LogP) is 2.74. The molecule has 0 saturated carbocycles. The van der Waals surface area contributed by atoms with E-state index in [4.69, 9.17) is 13.9 Å². The maximum atomic E-state index is 12.2. The molecule has 2 aromatic heterocycles. The van der Waals surface area contributed by atoms with Crippen molar-refractivity contribution < 1.29 is 41.5 Å². The number of anilines is 1. The van der Waals surface area contributed by atoms with Crippen LogP contribution in [0.15, 0.2) is 40.9 Å². The van der Waals surface area contributed by atoms with Crippen molar-refractivity contribution in [2.45, 2.75) is 6.18 Å². The molecule has 0 aliphatic heterocycles. The molecule has 1 N–H and O–H groups in total. The summed E-state index contributed by atoms with van der Waals surface area (Å²) in [7, 11) is 3.23. The number of amides is 1. The van der Waals surface area contributed by atoms with Crippen LogP contribution in [0.4, 0.5) is 19.0 Å². The van der Waals surface area contributed by atoms with E-state index >= 15 is 0 Å². The summed E-state index contributed by atoms with van der Waals surface area (Å²) in [6, 6.07) is 7.57. The molecule has 1 aromatic carbocycles. The predicted molar refractivity (Wildman–Crippen MR) is 113 cm³/mol. The van der Waals surface area contributed by atoms with Crippen LogP contribution in [-0.4, -0.2) is 68.5 Å². The Hall–Kier alpha value is -3.71. The summed E-state index contributed by atoms with van der Waals surface area (Å²) in [5.74, 6) is -2.65. The molecule has 10 nitrogen and oxygen atoms in total. The van der Waals surface area contributed by atoms with Crippen molar-refractivity contribution in [3.8, 4) is 11.5 Å². The van der Waals surface area contributed by atoms with Crippen LogP contribution in [0.1, 0.15) is 10.4 Å². The number of aromatic nitrogens is 2. The van der Waals surface area contributed by atoms with Crippen LogP contribution in [-0.2, 0) is 19.1 Å². The number of nitrogens with zero attached hydrogens (tertiary/aromatic N) is 3. The Morgan fingerprint density at radius 1 is 1.09 bits per heavy atom. The second kappa shape index (κ2) is 10.9. The smallest absolute Gasteiger partial charge is 0.436 e. The lowest BCUT2D eigenvalue weighted by Gasteiger charge is -2.23. The molecule has 13 heteroatoms. The van der Waals surface area contributed by atoms with Crippen LogP contribution in [0.5, 0.6) is 0 Å². The molecule has 0 saturated heterocycles. The Morgan fingerprint density at radius 3 is 2.38 bits per heavy atom. The first kappa shape index (κ1) is 24.9. The van der Waals surface area contributed by atoms with Crippen LogP contribution in [0.2, 0.25) is 0 Å².